The monoisotopic (exact) mass is 353 g/mol. The molecule has 0 aliphatic rings. The molecule has 0 unspecified atom stereocenters. The van der Waals surface area contributed by atoms with Crippen molar-refractivity contribution in [3.8, 4) is 0 Å². The van der Waals surface area contributed by atoms with Gasteiger partial charge in [0.2, 0.25) is 0 Å². The van der Waals surface area contributed by atoms with Crippen LogP contribution in [0.2, 0.25) is 0 Å². The molecule has 0 aliphatic carbocycles. The van der Waals surface area contributed by atoms with Crippen LogP contribution in [-0.2, 0) is 10.0 Å². The van der Waals surface area contributed by atoms with Crippen LogP contribution >= 0.6 is 15.9 Å². The van der Waals surface area contributed by atoms with Gasteiger partial charge in [0.05, 0.1) is 10.6 Å². The third-order valence-electron chi connectivity index (χ3n) is 3.08. The van der Waals surface area contributed by atoms with Crippen molar-refractivity contribution in [2.24, 2.45) is 0 Å². The molecule has 0 fully saturated rings. The Morgan fingerprint density at radius 2 is 1.60 bits per heavy atom. The van der Waals surface area contributed by atoms with Crippen LogP contribution in [0.3, 0.4) is 0 Å². The summed E-state index contributed by atoms with van der Waals surface area (Å²) >= 11 is 3.31. The fourth-order valence-electron chi connectivity index (χ4n) is 1.91. The van der Waals surface area contributed by atoms with Gasteiger partial charge in [0, 0.05) is 4.47 Å². The van der Waals surface area contributed by atoms with E-state index in [1.165, 1.54) is 0 Å². The highest BCUT2D eigenvalue weighted by molar-refractivity contribution is 9.10. The number of sulfonamides is 1. The maximum atomic E-state index is 12.5. The molecular weight excluding hydrogens is 338 g/mol. The highest BCUT2D eigenvalue weighted by Crippen LogP contribution is 2.25. The van der Waals surface area contributed by atoms with Crippen LogP contribution in [0.1, 0.15) is 16.7 Å². The fraction of sp³-hybridized carbons (Fsp3) is 0.200. The van der Waals surface area contributed by atoms with Crippen LogP contribution in [-0.4, -0.2) is 8.42 Å². The Labute approximate surface area is 128 Å². The van der Waals surface area contributed by atoms with E-state index in [1.807, 2.05) is 38.1 Å². The van der Waals surface area contributed by atoms with Crippen molar-refractivity contribution in [1.82, 2.24) is 0 Å². The first-order valence-electron chi connectivity index (χ1n) is 6.16. The minimum absolute atomic E-state index is 0.285. The molecule has 0 amide bonds. The van der Waals surface area contributed by atoms with Crippen LogP contribution in [0.5, 0.6) is 0 Å². The summed E-state index contributed by atoms with van der Waals surface area (Å²) < 4.78 is 28.4. The van der Waals surface area contributed by atoms with Gasteiger partial charge in [0.25, 0.3) is 10.0 Å². The summed E-state index contributed by atoms with van der Waals surface area (Å²) in [6.45, 7) is 5.59. The lowest BCUT2D eigenvalue weighted by molar-refractivity contribution is 0.600. The molecule has 0 radical (unpaired) electrons. The van der Waals surface area contributed by atoms with E-state index in [4.69, 9.17) is 0 Å². The molecule has 0 heterocycles. The van der Waals surface area contributed by atoms with Gasteiger partial charge in [-0.1, -0.05) is 34.1 Å². The Bertz CT molecular complexity index is 754. The van der Waals surface area contributed by atoms with Crippen molar-refractivity contribution in [3.63, 3.8) is 0 Å². The molecule has 0 aromatic heterocycles. The summed E-state index contributed by atoms with van der Waals surface area (Å²) in [6, 6.07) is 10.9. The van der Waals surface area contributed by atoms with Gasteiger partial charge in [-0.05, 0) is 55.7 Å². The minimum Gasteiger partial charge on any atom is -0.279 e. The van der Waals surface area contributed by atoms with Gasteiger partial charge in [0.1, 0.15) is 0 Å². The average molecular weight is 354 g/mol. The van der Waals surface area contributed by atoms with Gasteiger partial charge in [0.15, 0.2) is 0 Å². The number of aryl methyl sites for hydroxylation is 3. The van der Waals surface area contributed by atoms with Crippen LogP contribution in [0.4, 0.5) is 5.69 Å². The molecule has 20 heavy (non-hydrogen) atoms. The summed E-state index contributed by atoms with van der Waals surface area (Å²) in [5.41, 5.74) is 3.24. The summed E-state index contributed by atoms with van der Waals surface area (Å²) in [6.07, 6.45) is 0. The molecule has 3 nitrogen and oxygen atoms in total. The van der Waals surface area contributed by atoms with Crippen molar-refractivity contribution in [2.45, 2.75) is 25.7 Å². The van der Waals surface area contributed by atoms with E-state index < -0.39 is 10.0 Å². The van der Waals surface area contributed by atoms with Gasteiger partial charge in [-0.15, -0.1) is 0 Å². The fourth-order valence-corrected chi connectivity index (χ4v) is 3.82. The van der Waals surface area contributed by atoms with Gasteiger partial charge >= 0.3 is 0 Å². The minimum atomic E-state index is -3.59. The Morgan fingerprint density at radius 1 is 0.950 bits per heavy atom. The zero-order valence-electron chi connectivity index (χ0n) is 11.6. The van der Waals surface area contributed by atoms with Gasteiger partial charge in [-0.25, -0.2) is 8.42 Å². The molecule has 0 atom stereocenters. The highest BCUT2D eigenvalue weighted by Gasteiger charge is 2.18. The molecule has 5 heteroatoms. The summed E-state index contributed by atoms with van der Waals surface area (Å²) in [5, 5.41) is 0. The van der Waals surface area contributed by atoms with Gasteiger partial charge < -0.3 is 0 Å². The maximum Gasteiger partial charge on any atom is 0.262 e. The SMILES string of the molecule is Cc1ccc(C)c(NS(=O)(=O)c2cc(Br)ccc2C)c1. The Morgan fingerprint density at radius 3 is 2.30 bits per heavy atom. The second kappa shape index (κ2) is 5.58. The number of nitrogens with one attached hydrogen (secondary N) is 1. The van der Waals surface area contributed by atoms with Crippen LogP contribution in [0.15, 0.2) is 45.8 Å². The summed E-state index contributed by atoms with van der Waals surface area (Å²) in [4.78, 5) is 0.285. The maximum absolute atomic E-state index is 12.5. The van der Waals surface area contributed by atoms with E-state index >= 15 is 0 Å². The summed E-state index contributed by atoms with van der Waals surface area (Å²) in [7, 11) is -3.59. The lowest BCUT2D eigenvalue weighted by atomic mass is 10.1. The number of hydrogen-bond acceptors (Lipinski definition) is 2. The topological polar surface area (TPSA) is 46.2 Å². The smallest absolute Gasteiger partial charge is 0.262 e. The zero-order valence-corrected chi connectivity index (χ0v) is 14.0. The zero-order chi connectivity index (χ0) is 14.9. The standard InChI is InChI=1S/C15H16BrNO2S/c1-10-4-5-11(2)14(8-10)17-20(18,19)15-9-13(16)7-6-12(15)3/h4-9,17H,1-3H3. The molecule has 0 saturated carbocycles. The third kappa shape index (κ3) is 3.22. The van der Waals surface area contributed by atoms with Crippen molar-refractivity contribution >= 4 is 31.6 Å². The van der Waals surface area contributed by atoms with E-state index in [2.05, 4.69) is 20.7 Å². The van der Waals surface area contributed by atoms with Crippen molar-refractivity contribution < 1.29 is 8.42 Å². The third-order valence-corrected chi connectivity index (χ3v) is 5.08. The number of benzene rings is 2. The Hall–Kier alpha value is -1.33. The normalized spacial score (nSPS) is 11.4. The lowest BCUT2D eigenvalue weighted by Crippen LogP contribution is -2.15. The quantitative estimate of drug-likeness (QED) is 0.899. The van der Waals surface area contributed by atoms with Crippen molar-refractivity contribution in [2.75, 3.05) is 4.72 Å². The Kier molecular flexibility index (Phi) is 4.20. The second-order valence-electron chi connectivity index (χ2n) is 4.83. The molecule has 106 valence electrons. The number of rotatable bonds is 3. The number of halogens is 1. The van der Waals surface area contributed by atoms with Crippen molar-refractivity contribution in [1.29, 1.82) is 0 Å². The molecule has 2 rings (SSSR count). The van der Waals surface area contributed by atoms with Crippen molar-refractivity contribution in [3.05, 3.63) is 57.6 Å². The molecule has 2 aromatic carbocycles. The van der Waals surface area contributed by atoms with Crippen LogP contribution in [0.25, 0.3) is 0 Å². The first-order chi connectivity index (χ1) is 9.29. The van der Waals surface area contributed by atoms with E-state index in [-0.39, 0.29) is 4.90 Å². The van der Waals surface area contributed by atoms with E-state index in [1.54, 1.807) is 19.1 Å². The Balaban J connectivity index is 2.46. The van der Waals surface area contributed by atoms with Crippen LogP contribution in [0, 0.1) is 20.8 Å². The number of hydrogen-bond donors (Lipinski definition) is 1. The van der Waals surface area contributed by atoms with Gasteiger partial charge in [-0.2, -0.15) is 0 Å². The van der Waals surface area contributed by atoms with Gasteiger partial charge in [-0.3, -0.25) is 4.72 Å². The highest BCUT2D eigenvalue weighted by atomic mass is 79.9. The van der Waals surface area contributed by atoms with E-state index in [9.17, 15) is 8.42 Å². The van der Waals surface area contributed by atoms with Crippen LogP contribution < -0.4 is 4.72 Å². The molecule has 0 bridgehead atoms. The van der Waals surface area contributed by atoms with E-state index in [0.717, 1.165) is 15.6 Å². The average Bonchev–Trinajstić information content (AvgIpc) is 2.36. The lowest BCUT2D eigenvalue weighted by Gasteiger charge is -2.13. The largest absolute Gasteiger partial charge is 0.279 e. The molecule has 0 spiro atoms. The molecule has 2 aromatic rings. The first-order valence-corrected chi connectivity index (χ1v) is 8.43. The first kappa shape index (κ1) is 15.1. The number of anilines is 1. The predicted octanol–water partition coefficient (Wildman–Crippen LogP) is 4.18. The predicted molar refractivity (Wildman–Crippen MR) is 85.6 cm³/mol. The molecular formula is C15H16BrNO2S. The molecule has 0 aliphatic heterocycles. The molecule has 0 saturated heterocycles. The molecule has 1 N–H and O–H groups in total. The summed E-state index contributed by atoms with van der Waals surface area (Å²) in [5.74, 6) is 0. The second-order valence-corrected chi connectivity index (χ2v) is 7.40. The van der Waals surface area contributed by atoms with E-state index in [0.29, 0.717) is 11.3 Å².